The fourth-order valence-electron chi connectivity index (χ4n) is 5.09. The highest BCUT2D eigenvalue weighted by atomic mass is 19.3. The standard InChI is InChI=1S/C27H28F2N10O2/c1-36-35-33-25-24(31-20-4-2-3-5-21(20)39(25)36)30-19-8-6-18(7-9-19)27(41)37-13-10-17(11-14-37)26(40)32-23-12-15-38(34-23)16-22(28)29/h2-3,5-9,12,15,17,22,35H,4,10-11,13-14,16H2,1H3,(H,32,34,40). The number of alkyl halides is 2. The minimum atomic E-state index is -2.52. The Morgan fingerprint density at radius 3 is 2.71 bits per heavy atom. The lowest BCUT2D eigenvalue weighted by Crippen LogP contribution is -2.53. The number of nitrogens with zero attached hydrogens (tertiary/aromatic N) is 8. The van der Waals surface area contributed by atoms with Gasteiger partial charge in [0.1, 0.15) is 6.54 Å². The van der Waals surface area contributed by atoms with E-state index in [9.17, 15) is 18.4 Å². The number of rotatable bonds is 6. The Bertz CT molecular complexity index is 1700. The molecule has 2 aromatic heterocycles. The third-order valence-electron chi connectivity index (χ3n) is 7.19. The van der Waals surface area contributed by atoms with Gasteiger partial charge in [0.15, 0.2) is 5.82 Å². The maximum Gasteiger partial charge on any atom is 0.257 e. The molecule has 41 heavy (non-hydrogen) atoms. The molecule has 3 aromatic rings. The number of benzene rings is 1. The molecule has 2 amide bonds. The molecule has 12 nitrogen and oxygen atoms in total. The summed E-state index contributed by atoms with van der Waals surface area (Å²) in [7, 11) is 1.86. The molecule has 1 aliphatic carbocycles. The summed E-state index contributed by atoms with van der Waals surface area (Å²) in [5.74, 6) is -0.405. The number of carbonyl (C=O) groups excluding carboxylic acids is 2. The lowest BCUT2D eigenvalue weighted by molar-refractivity contribution is -0.121. The molecule has 1 aromatic carbocycles. The van der Waals surface area contributed by atoms with Crippen molar-refractivity contribution in [1.29, 1.82) is 0 Å². The number of hydrogen-bond acceptors (Lipinski definition) is 8. The average Bonchev–Trinajstić information content (AvgIpc) is 3.59. The molecule has 0 radical (unpaired) electrons. The highest BCUT2D eigenvalue weighted by Crippen LogP contribution is 2.22. The number of carbonyl (C=O) groups is 2. The van der Waals surface area contributed by atoms with Crippen LogP contribution in [0.4, 0.5) is 20.3 Å². The number of piperidine rings is 1. The first-order valence-corrected chi connectivity index (χ1v) is 13.3. The molecule has 0 atom stereocenters. The van der Waals surface area contributed by atoms with E-state index >= 15 is 0 Å². The first-order chi connectivity index (χ1) is 19.9. The first kappa shape index (κ1) is 26.3. The van der Waals surface area contributed by atoms with Gasteiger partial charge in [0.05, 0.1) is 16.7 Å². The number of likely N-dealkylation sites (tertiary alicyclic amines) is 1. The Hall–Kier alpha value is -4.88. The van der Waals surface area contributed by atoms with Crippen molar-refractivity contribution in [2.24, 2.45) is 16.0 Å². The second kappa shape index (κ2) is 10.9. The van der Waals surface area contributed by atoms with Crippen LogP contribution in [-0.4, -0.2) is 62.7 Å². The number of hydrogen-bond donors (Lipinski definition) is 2. The van der Waals surface area contributed by atoms with E-state index < -0.39 is 13.0 Å². The van der Waals surface area contributed by atoms with Gasteiger partial charge >= 0.3 is 0 Å². The van der Waals surface area contributed by atoms with Gasteiger partial charge < -0.3 is 10.2 Å². The molecule has 2 N–H and O–H groups in total. The van der Waals surface area contributed by atoms with Crippen LogP contribution >= 0.6 is 0 Å². The lowest BCUT2D eigenvalue weighted by atomic mass is 9.95. The number of anilines is 1. The van der Waals surface area contributed by atoms with Crippen molar-refractivity contribution < 1.29 is 18.4 Å². The van der Waals surface area contributed by atoms with Gasteiger partial charge in [-0.2, -0.15) is 5.10 Å². The Morgan fingerprint density at radius 2 is 1.95 bits per heavy atom. The van der Waals surface area contributed by atoms with Crippen molar-refractivity contribution in [3.63, 3.8) is 0 Å². The lowest BCUT2D eigenvalue weighted by Gasteiger charge is -2.31. The maximum atomic E-state index is 13.1. The Morgan fingerprint density at radius 1 is 1.17 bits per heavy atom. The Labute approximate surface area is 232 Å². The Balaban J connectivity index is 1.10. The van der Waals surface area contributed by atoms with E-state index in [1.807, 2.05) is 30.0 Å². The van der Waals surface area contributed by atoms with E-state index in [4.69, 9.17) is 9.98 Å². The van der Waals surface area contributed by atoms with Crippen LogP contribution in [0.5, 0.6) is 0 Å². The summed E-state index contributed by atoms with van der Waals surface area (Å²) in [5, 5.41) is 13.7. The van der Waals surface area contributed by atoms with E-state index in [2.05, 4.69) is 21.1 Å². The van der Waals surface area contributed by atoms with Gasteiger partial charge in [0.25, 0.3) is 12.3 Å². The molecule has 0 spiro atoms. The van der Waals surface area contributed by atoms with Crippen LogP contribution in [0.1, 0.15) is 28.9 Å². The highest BCUT2D eigenvalue weighted by Gasteiger charge is 2.28. The summed E-state index contributed by atoms with van der Waals surface area (Å²) in [5.41, 5.74) is 6.05. The van der Waals surface area contributed by atoms with Gasteiger partial charge in [-0.3, -0.25) is 14.3 Å². The Kier molecular flexibility index (Phi) is 7.03. The van der Waals surface area contributed by atoms with Crippen molar-refractivity contribution in [3.8, 4) is 0 Å². The summed E-state index contributed by atoms with van der Waals surface area (Å²) in [6, 6.07) is 8.51. The van der Waals surface area contributed by atoms with Crippen molar-refractivity contribution in [2.45, 2.75) is 32.2 Å². The molecule has 1 saturated heterocycles. The third kappa shape index (κ3) is 5.44. The number of hydrazine groups is 1. The fraction of sp³-hybridized carbons (Fsp3) is 0.333. The summed E-state index contributed by atoms with van der Waals surface area (Å²) in [4.78, 5) is 37.0. The van der Waals surface area contributed by atoms with E-state index in [0.29, 0.717) is 54.6 Å². The highest BCUT2D eigenvalue weighted by molar-refractivity contribution is 5.95. The minimum Gasteiger partial charge on any atom is -0.339 e. The predicted molar refractivity (Wildman–Crippen MR) is 145 cm³/mol. The second-order valence-electron chi connectivity index (χ2n) is 9.97. The molecule has 3 aliphatic rings. The minimum absolute atomic E-state index is 0.118. The summed E-state index contributed by atoms with van der Waals surface area (Å²) >= 11 is 0. The summed E-state index contributed by atoms with van der Waals surface area (Å²) < 4.78 is 28.1. The van der Waals surface area contributed by atoms with Crippen molar-refractivity contribution in [2.75, 3.05) is 30.6 Å². The zero-order valence-electron chi connectivity index (χ0n) is 22.2. The molecule has 212 valence electrons. The topological polar surface area (TPSA) is 125 Å². The van der Waals surface area contributed by atoms with Gasteiger partial charge in [-0.25, -0.2) is 34.1 Å². The molecule has 0 bridgehead atoms. The van der Waals surface area contributed by atoms with Gasteiger partial charge in [-0.15, -0.1) is 5.10 Å². The van der Waals surface area contributed by atoms with Crippen LogP contribution in [0.15, 0.2) is 58.8 Å². The quantitative estimate of drug-likeness (QED) is 0.453. The van der Waals surface area contributed by atoms with Gasteiger partial charge in [0.2, 0.25) is 16.9 Å². The van der Waals surface area contributed by atoms with Crippen LogP contribution in [0.2, 0.25) is 0 Å². The van der Waals surface area contributed by atoms with E-state index in [-0.39, 0.29) is 23.6 Å². The number of aromatic nitrogens is 4. The van der Waals surface area contributed by atoms with Gasteiger partial charge in [0, 0.05) is 50.3 Å². The molecular weight excluding hydrogens is 534 g/mol. The van der Waals surface area contributed by atoms with Crippen LogP contribution in [0.25, 0.3) is 6.08 Å². The van der Waals surface area contributed by atoms with E-state index in [1.165, 1.54) is 12.3 Å². The first-order valence-electron chi connectivity index (χ1n) is 13.3. The molecule has 2 aliphatic heterocycles. The normalized spacial score (nSPS) is 16.6. The van der Waals surface area contributed by atoms with Crippen LogP contribution in [0.3, 0.4) is 0 Å². The zero-order chi connectivity index (χ0) is 28.5. The zero-order valence-corrected chi connectivity index (χ0v) is 22.2. The smallest absolute Gasteiger partial charge is 0.257 e. The molecule has 6 rings (SSSR count). The predicted octanol–water partition coefficient (Wildman–Crippen LogP) is 0.581. The molecule has 4 heterocycles. The van der Waals surface area contributed by atoms with Crippen molar-refractivity contribution >= 4 is 29.4 Å². The summed E-state index contributed by atoms with van der Waals surface area (Å²) in [6.45, 7) is 0.330. The second-order valence-corrected chi connectivity index (χ2v) is 9.97. The number of halogens is 2. The molecule has 0 unspecified atom stereocenters. The average molecular weight is 563 g/mol. The number of nitrogens with one attached hydrogen (secondary N) is 2. The summed E-state index contributed by atoms with van der Waals surface area (Å²) in [6.07, 6.45) is 6.58. The maximum absolute atomic E-state index is 13.1. The van der Waals surface area contributed by atoms with Gasteiger partial charge in [-0.1, -0.05) is 12.2 Å². The van der Waals surface area contributed by atoms with Crippen LogP contribution in [-0.2, 0) is 17.8 Å². The van der Waals surface area contributed by atoms with Crippen molar-refractivity contribution in [1.82, 2.24) is 29.9 Å². The van der Waals surface area contributed by atoms with Crippen LogP contribution in [0, 0.1) is 5.92 Å². The molecule has 14 heteroatoms. The SMILES string of the molecule is CN1NN=c2c(=Nc3ccc(C(=O)N4CCC(C(=O)Nc5ccn(CC(F)F)n5)CC4)cc3)nc3c(n21)=CC=CC3. The molecule has 0 saturated carbocycles. The monoisotopic (exact) mass is 562 g/mol. The van der Waals surface area contributed by atoms with E-state index in [0.717, 1.165) is 15.7 Å². The van der Waals surface area contributed by atoms with E-state index in [1.54, 1.807) is 34.3 Å². The molecule has 1 fully saturated rings. The molecular formula is C27H28F2N10O2. The fourth-order valence-corrected chi connectivity index (χ4v) is 5.09. The van der Waals surface area contributed by atoms with Gasteiger partial charge in [-0.05, 0) is 43.2 Å². The number of amides is 2. The van der Waals surface area contributed by atoms with Crippen molar-refractivity contribution in [3.05, 3.63) is 76.3 Å². The number of allylic oxidation sites excluding steroid dienone is 2. The van der Waals surface area contributed by atoms with Crippen LogP contribution < -0.4 is 32.3 Å². The largest absolute Gasteiger partial charge is 0.339 e. The number of fused-ring (bicyclic) bond motifs is 3. The third-order valence-corrected chi connectivity index (χ3v) is 7.19.